The van der Waals surface area contributed by atoms with Crippen LogP contribution in [0.5, 0.6) is 0 Å². The molecule has 40 valence electrons. The maximum absolute atomic E-state index is 4.95. The molecule has 0 fully saturated rings. The van der Waals surface area contributed by atoms with Crippen molar-refractivity contribution in [2.45, 2.75) is 6.42 Å². The molecular weight excluding hydrogens is 108 g/mol. The zero-order valence-electron chi connectivity index (χ0n) is 4.31. The number of allylic oxidation sites excluding steroid dienone is 1. The van der Waals surface area contributed by atoms with Gasteiger partial charge in [-0.1, -0.05) is 0 Å². The zero-order chi connectivity index (χ0) is 5.11. The summed E-state index contributed by atoms with van der Waals surface area (Å²) in [5, 5.41) is 2.07. The van der Waals surface area contributed by atoms with Crippen LogP contribution in [0.4, 0.5) is 0 Å². The largest absolute Gasteiger partial charge is 0.501 e. The first-order valence-electron chi connectivity index (χ1n) is 2.28. The summed E-state index contributed by atoms with van der Waals surface area (Å²) in [5.41, 5.74) is 0. The lowest BCUT2D eigenvalue weighted by molar-refractivity contribution is 0.284. The predicted molar refractivity (Wildman–Crippen MR) is 32.2 cm³/mol. The summed E-state index contributed by atoms with van der Waals surface area (Å²) in [5.74, 6) is 2.33. The molecule has 0 aromatic heterocycles. The van der Waals surface area contributed by atoms with Crippen LogP contribution in [-0.2, 0) is 4.74 Å². The van der Waals surface area contributed by atoms with Crippen molar-refractivity contribution in [3.05, 3.63) is 11.2 Å². The molecule has 0 atom stereocenters. The van der Waals surface area contributed by atoms with Crippen molar-refractivity contribution in [3.8, 4) is 0 Å². The van der Waals surface area contributed by atoms with Gasteiger partial charge in [-0.25, -0.2) is 0 Å². The van der Waals surface area contributed by atoms with Crippen LogP contribution in [0.3, 0.4) is 0 Å². The Labute approximate surface area is 47.7 Å². The van der Waals surface area contributed by atoms with Gasteiger partial charge in [-0.05, 0) is 0 Å². The summed E-state index contributed by atoms with van der Waals surface area (Å²) in [7, 11) is 1.72. The lowest BCUT2D eigenvalue weighted by Gasteiger charge is -1.93. The molecule has 0 saturated carbocycles. The van der Waals surface area contributed by atoms with Gasteiger partial charge in [0.05, 0.1) is 7.11 Å². The Morgan fingerprint density at radius 1 is 1.86 bits per heavy atom. The fourth-order valence-electron chi connectivity index (χ4n) is 0.520. The fourth-order valence-corrected chi connectivity index (χ4v) is 1.36. The Balaban J connectivity index is 2.36. The van der Waals surface area contributed by atoms with Gasteiger partial charge in [0.2, 0.25) is 0 Å². The van der Waals surface area contributed by atoms with Crippen molar-refractivity contribution in [2.75, 3.05) is 12.9 Å². The third-order valence-corrected chi connectivity index (χ3v) is 1.81. The molecule has 0 aromatic carbocycles. The predicted octanol–water partition coefficient (Wildman–Crippen LogP) is 1.61. The number of hydrogen-bond donors (Lipinski definition) is 0. The minimum Gasteiger partial charge on any atom is -0.501 e. The molecule has 1 nitrogen and oxygen atoms in total. The van der Waals surface area contributed by atoms with Crippen molar-refractivity contribution in [1.82, 2.24) is 0 Å². The van der Waals surface area contributed by atoms with Crippen LogP contribution in [0.25, 0.3) is 0 Å². The van der Waals surface area contributed by atoms with Gasteiger partial charge in [-0.15, -0.1) is 11.8 Å². The van der Waals surface area contributed by atoms with E-state index in [2.05, 4.69) is 5.41 Å². The van der Waals surface area contributed by atoms with Gasteiger partial charge in [-0.2, -0.15) is 0 Å². The molecule has 1 rings (SSSR count). The second-order valence-electron chi connectivity index (χ2n) is 1.41. The Morgan fingerprint density at radius 2 is 2.71 bits per heavy atom. The monoisotopic (exact) mass is 116 g/mol. The molecule has 1 aliphatic rings. The van der Waals surface area contributed by atoms with E-state index in [1.165, 1.54) is 5.75 Å². The summed E-state index contributed by atoms with van der Waals surface area (Å²) < 4.78 is 4.95. The van der Waals surface area contributed by atoms with E-state index in [-0.39, 0.29) is 0 Å². The molecule has 7 heavy (non-hydrogen) atoms. The van der Waals surface area contributed by atoms with Crippen LogP contribution in [0.1, 0.15) is 6.42 Å². The number of methoxy groups -OCH3 is 1. The van der Waals surface area contributed by atoms with Gasteiger partial charge >= 0.3 is 0 Å². The van der Waals surface area contributed by atoms with Gasteiger partial charge < -0.3 is 4.74 Å². The molecule has 0 aromatic rings. The minimum atomic E-state index is 1.11. The molecule has 0 saturated heterocycles. The Kier molecular flexibility index (Phi) is 1.63. The van der Waals surface area contributed by atoms with E-state index in [0.717, 1.165) is 12.2 Å². The van der Waals surface area contributed by atoms with Crippen LogP contribution in [-0.4, -0.2) is 12.9 Å². The number of ether oxygens (including phenoxy) is 1. The molecule has 0 aliphatic carbocycles. The van der Waals surface area contributed by atoms with Crippen LogP contribution >= 0.6 is 11.8 Å². The van der Waals surface area contributed by atoms with Crippen molar-refractivity contribution in [2.24, 2.45) is 0 Å². The molecule has 1 heterocycles. The third-order valence-electron chi connectivity index (χ3n) is 0.943. The normalized spacial score (nSPS) is 19.3. The number of thioether (sulfide) groups is 1. The van der Waals surface area contributed by atoms with Crippen LogP contribution in [0.2, 0.25) is 0 Å². The Hall–Kier alpha value is -0.110. The van der Waals surface area contributed by atoms with E-state index in [1.807, 2.05) is 11.8 Å². The van der Waals surface area contributed by atoms with Gasteiger partial charge in [0, 0.05) is 17.6 Å². The van der Waals surface area contributed by atoms with E-state index >= 15 is 0 Å². The summed E-state index contributed by atoms with van der Waals surface area (Å²) in [6.45, 7) is 0. The molecular formula is C5H8OS. The molecule has 0 unspecified atom stereocenters. The summed E-state index contributed by atoms with van der Waals surface area (Å²) in [6, 6.07) is 0. The maximum Gasteiger partial charge on any atom is 0.103 e. The van der Waals surface area contributed by atoms with Crippen LogP contribution in [0.15, 0.2) is 11.2 Å². The van der Waals surface area contributed by atoms with Crippen LogP contribution < -0.4 is 0 Å². The second-order valence-corrected chi connectivity index (χ2v) is 2.39. The van der Waals surface area contributed by atoms with E-state index in [9.17, 15) is 0 Å². The lowest BCUT2D eigenvalue weighted by atomic mass is 10.4. The second kappa shape index (κ2) is 2.26. The topological polar surface area (TPSA) is 9.23 Å². The van der Waals surface area contributed by atoms with E-state index in [1.54, 1.807) is 7.11 Å². The fraction of sp³-hybridized carbons (Fsp3) is 0.600. The van der Waals surface area contributed by atoms with Crippen molar-refractivity contribution < 1.29 is 4.74 Å². The Morgan fingerprint density at radius 3 is 3.00 bits per heavy atom. The molecule has 0 bridgehead atoms. The minimum absolute atomic E-state index is 1.11. The van der Waals surface area contributed by atoms with Crippen LogP contribution in [0, 0.1) is 0 Å². The molecule has 0 spiro atoms. The smallest absolute Gasteiger partial charge is 0.103 e. The first-order chi connectivity index (χ1) is 3.43. The zero-order valence-corrected chi connectivity index (χ0v) is 5.12. The summed E-state index contributed by atoms with van der Waals surface area (Å²) in [4.78, 5) is 0. The highest BCUT2D eigenvalue weighted by Gasteiger charge is 2.01. The van der Waals surface area contributed by atoms with Gasteiger partial charge in [0.1, 0.15) is 5.76 Å². The Bertz CT molecular complexity index is 88.1. The maximum atomic E-state index is 4.95. The van der Waals surface area contributed by atoms with E-state index < -0.39 is 0 Å². The highest BCUT2D eigenvalue weighted by molar-refractivity contribution is 8.02. The molecule has 0 radical (unpaired) electrons. The molecule has 0 N–H and O–H groups in total. The molecule has 2 heteroatoms. The summed E-state index contributed by atoms with van der Waals surface area (Å²) in [6.07, 6.45) is 1.11. The third kappa shape index (κ3) is 1.13. The average Bonchev–Trinajstić information content (AvgIpc) is 2.14. The van der Waals surface area contributed by atoms with E-state index in [0.29, 0.717) is 0 Å². The number of rotatable bonds is 1. The SMILES string of the molecule is COC1=CSCC1. The van der Waals surface area contributed by atoms with E-state index in [4.69, 9.17) is 4.74 Å². The summed E-state index contributed by atoms with van der Waals surface area (Å²) >= 11 is 1.82. The van der Waals surface area contributed by atoms with Crippen molar-refractivity contribution in [3.63, 3.8) is 0 Å². The molecule has 1 aliphatic heterocycles. The highest BCUT2D eigenvalue weighted by atomic mass is 32.2. The van der Waals surface area contributed by atoms with Gasteiger partial charge in [-0.3, -0.25) is 0 Å². The standard InChI is InChI=1S/C5H8OS/c1-6-5-2-3-7-4-5/h4H,2-3H2,1H3. The molecule has 0 amide bonds. The first kappa shape index (κ1) is 5.04. The number of hydrogen-bond acceptors (Lipinski definition) is 2. The first-order valence-corrected chi connectivity index (χ1v) is 3.33. The quantitative estimate of drug-likeness (QED) is 0.514. The van der Waals surface area contributed by atoms with Gasteiger partial charge in [0.15, 0.2) is 0 Å². The van der Waals surface area contributed by atoms with Crippen molar-refractivity contribution in [1.29, 1.82) is 0 Å². The average molecular weight is 116 g/mol. The van der Waals surface area contributed by atoms with Crippen molar-refractivity contribution >= 4 is 11.8 Å². The lowest BCUT2D eigenvalue weighted by Crippen LogP contribution is -1.79. The van der Waals surface area contributed by atoms with Gasteiger partial charge in [0.25, 0.3) is 0 Å². The highest BCUT2D eigenvalue weighted by Crippen LogP contribution is 2.21.